The molecule has 4 atom stereocenters. The summed E-state index contributed by atoms with van der Waals surface area (Å²) in [5.41, 5.74) is 1.28. The van der Waals surface area contributed by atoms with E-state index in [0.29, 0.717) is 23.7 Å². The molecule has 0 spiro atoms. The lowest BCUT2D eigenvalue weighted by molar-refractivity contribution is -0.140. The fourth-order valence-corrected chi connectivity index (χ4v) is 4.86. The minimum Gasteiger partial charge on any atom is -0.462 e. The second kappa shape index (κ2) is 8.22. The van der Waals surface area contributed by atoms with E-state index >= 15 is 0 Å². The highest BCUT2D eigenvalue weighted by Gasteiger charge is 2.59. The number of unbranched alkanes of at least 4 members (excludes halogenated alkanes) is 1. The molecule has 0 radical (unpaired) electrons. The first-order valence-corrected chi connectivity index (χ1v) is 11.0. The summed E-state index contributed by atoms with van der Waals surface area (Å²) in [6.45, 7) is 2.46. The van der Waals surface area contributed by atoms with Crippen LogP contribution in [0, 0.1) is 23.7 Å². The van der Waals surface area contributed by atoms with Crippen molar-refractivity contribution in [3.63, 3.8) is 0 Å². The molecule has 0 N–H and O–H groups in total. The maximum atomic E-state index is 12.7. The molecule has 1 saturated carbocycles. The van der Waals surface area contributed by atoms with Crippen molar-refractivity contribution < 1.29 is 23.5 Å². The van der Waals surface area contributed by atoms with Crippen molar-refractivity contribution in [1.29, 1.82) is 0 Å². The molecule has 2 aromatic rings. The Kier molecular flexibility index (Phi) is 5.25. The predicted molar refractivity (Wildman–Crippen MR) is 116 cm³/mol. The summed E-state index contributed by atoms with van der Waals surface area (Å²) in [7, 11) is 0. The Morgan fingerprint density at radius 2 is 1.78 bits per heavy atom. The van der Waals surface area contributed by atoms with Crippen LogP contribution in [0.2, 0.25) is 0 Å². The third-order valence-corrected chi connectivity index (χ3v) is 6.51. The van der Waals surface area contributed by atoms with Gasteiger partial charge in [-0.15, -0.1) is 0 Å². The van der Waals surface area contributed by atoms with Crippen LogP contribution in [-0.2, 0) is 14.3 Å². The maximum absolute atomic E-state index is 12.7. The third kappa shape index (κ3) is 3.47. The summed E-state index contributed by atoms with van der Waals surface area (Å²) >= 11 is 0. The minimum absolute atomic E-state index is 0.156. The molecule has 5 rings (SSSR count). The van der Waals surface area contributed by atoms with Gasteiger partial charge in [0.2, 0.25) is 0 Å². The van der Waals surface area contributed by atoms with E-state index in [4.69, 9.17) is 9.15 Å². The van der Waals surface area contributed by atoms with Crippen LogP contribution < -0.4 is 0 Å². The molecule has 0 unspecified atom stereocenters. The lowest BCUT2D eigenvalue weighted by Crippen LogP contribution is -2.28. The van der Waals surface area contributed by atoms with E-state index in [2.05, 4.69) is 17.3 Å². The quantitative estimate of drug-likeness (QED) is 0.217. The van der Waals surface area contributed by atoms with Gasteiger partial charge in [-0.3, -0.25) is 9.59 Å². The molecule has 2 heterocycles. The number of nitrogens with zero attached hydrogens (tertiary/aromatic N) is 2. The molecule has 7 heteroatoms. The monoisotopic (exact) mass is 432 g/mol. The van der Waals surface area contributed by atoms with Gasteiger partial charge >= 0.3 is 5.97 Å². The highest BCUT2D eigenvalue weighted by Crippen LogP contribution is 2.52. The van der Waals surface area contributed by atoms with Gasteiger partial charge in [0.15, 0.2) is 0 Å². The smallest absolute Gasteiger partial charge is 0.338 e. The first-order valence-electron chi connectivity index (χ1n) is 11.0. The summed E-state index contributed by atoms with van der Waals surface area (Å²) in [6, 6.07) is 10.5. The zero-order valence-electron chi connectivity index (χ0n) is 17.8. The number of hydrazone groups is 1. The van der Waals surface area contributed by atoms with E-state index in [-0.39, 0.29) is 41.5 Å². The number of fused-ring (bicyclic) bond motifs is 5. The van der Waals surface area contributed by atoms with Gasteiger partial charge < -0.3 is 9.15 Å². The molecule has 1 aliphatic heterocycles. The number of carbonyl (C=O) groups is 3. The van der Waals surface area contributed by atoms with Crippen LogP contribution in [-0.4, -0.2) is 35.6 Å². The fraction of sp³-hybridized carbons (Fsp3) is 0.360. The van der Waals surface area contributed by atoms with Crippen molar-refractivity contribution in [3.8, 4) is 11.3 Å². The van der Waals surface area contributed by atoms with Gasteiger partial charge in [0, 0.05) is 5.56 Å². The second-order valence-electron chi connectivity index (χ2n) is 8.50. The summed E-state index contributed by atoms with van der Waals surface area (Å²) in [4.78, 5) is 37.4. The number of imide groups is 1. The number of hydrogen-bond acceptors (Lipinski definition) is 6. The molecular weight excluding hydrogens is 408 g/mol. The highest BCUT2D eigenvalue weighted by atomic mass is 16.5. The molecule has 2 bridgehead atoms. The summed E-state index contributed by atoms with van der Waals surface area (Å²) in [5.74, 6) is 0.0149. The lowest BCUT2D eigenvalue weighted by atomic mass is 9.85. The van der Waals surface area contributed by atoms with E-state index in [1.54, 1.807) is 36.4 Å². The molecule has 1 aromatic carbocycles. The summed E-state index contributed by atoms with van der Waals surface area (Å²) in [5, 5.41) is 5.14. The van der Waals surface area contributed by atoms with Crippen LogP contribution in [0.1, 0.15) is 42.3 Å². The predicted octanol–water partition coefficient (Wildman–Crippen LogP) is 4.04. The Hall–Kier alpha value is -3.48. The zero-order chi connectivity index (χ0) is 22.2. The summed E-state index contributed by atoms with van der Waals surface area (Å²) < 4.78 is 11.0. The van der Waals surface area contributed by atoms with Crippen molar-refractivity contribution in [2.75, 3.05) is 6.61 Å². The Morgan fingerprint density at radius 1 is 1.09 bits per heavy atom. The molecule has 2 aliphatic carbocycles. The maximum Gasteiger partial charge on any atom is 0.338 e. The van der Waals surface area contributed by atoms with E-state index in [9.17, 15) is 14.4 Å². The van der Waals surface area contributed by atoms with E-state index in [1.807, 2.05) is 6.92 Å². The number of rotatable bonds is 7. The molecule has 1 saturated heterocycles. The Bertz CT molecular complexity index is 1080. The number of allylic oxidation sites excluding steroid dienone is 2. The van der Waals surface area contributed by atoms with E-state index < -0.39 is 0 Å². The fourth-order valence-electron chi connectivity index (χ4n) is 4.86. The highest BCUT2D eigenvalue weighted by molar-refractivity contribution is 6.06. The number of furan rings is 1. The largest absolute Gasteiger partial charge is 0.462 e. The number of hydrogen-bond donors (Lipinski definition) is 0. The second-order valence-corrected chi connectivity index (χ2v) is 8.50. The minimum atomic E-state index is -0.342. The Labute approximate surface area is 185 Å². The van der Waals surface area contributed by atoms with Crippen LogP contribution in [0.5, 0.6) is 0 Å². The first-order chi connectivity index (χ1) is 15.6. The molecule has 1 aromatic heterocycles. The standard InChI is InChI=1S/C25H24N2O5/c1-2-3-12-31-25(30)16-6-4-15(5-7-16)20-11-10-19(32-20)14-26-27-23(28)21-17-8-9-18(13-17)22(21)24(27)29/h4-11,14,17-18,21-22H,2-3,12-13H2,1H3/t17-,18-,21-,22+/m0/s1. The first kappa shape index (κ1) is 20.4. The number of benzene rings is 1. The van der Waals surface area contributed by atoms with Crippen LogP contribution in [0.4, 0.5) is 0 Å². The zero-order valence-corrected chi connectivity index (χ0v) is 17.8. The van der Waals surface area contributed by atoms with E-state index in [1.165, 1.54) is 6.21 Å². The topological polar surface area (TPSA) is 89.2 Å². The summed E-state index contributed by atoms with van der Waals surface area (Å²) in [6.07, 6.45) is 8.21. The SMILES string of the molecule is CCCCOC(=O)c1ccc(-c2ccc(C=NN3C(=O)[C@@H]4[C@H](C3=O)[C@H]3C=C[C@H]4C3)o2)cc1. The van der Waals surface area contributed by atoms with Crippen LogP contribution in [0.15, 0.2) is 58.1 Å². The van der Waals surface area contributed by atoms with Crippen molar-refractivity contribution in [3.05, 3.63) is 59.9 Å². The van der Waals surface area contributed by atoms with E-state index in [0.717, 1.165) is 29.8 Å². The molecule has 7 nitrogen and oxygen atoms in total. The molecule has 164 valence electrons. The molecule has 32 heavy (non-hydrogen) atoms. The van der Waals surface area contributed by atoms with Gasteiger partial charge in [0.25, 0.3) is 11.8 Å². The Morgan fingerprint density at radius 3 is 2.44 bits per heavy atom. The average Bonchev–Trinajstić information content (AvgIpc) is 3.58. The number of ether oxygens (including phenoxy) is 1. The number of amides is 2. The van der Waals surface area contributed by atoms with Crippen LogP contribution in [0.25, 0.3) is 11.3 Å². The molecule has 2 amide bonds. The van der Waals surface area contributed by atoms with Gasteiger partial charge in [0.1, 0.15) is 11.5 Å². The van der Waals surface area contributed by atoms with Gasteiger partial charge in [-0.05, 0) is 48.9 Å². The molecule has 3 aliphatic rings. The van der Waals surface area contributed by atoms with Gasteiger partial charge in [0.05, 0.1) is 30.2 Å². The molecule has 2 fully saturated rings. The van der Waals surface area contributed by atoms with Gasteiger partial charge in [-0.1, -0.05) is 37.6 Å². The number of esters is 1. The van der Waals surface area contributed by atoms with Gasteiger partial charge in [-0.2, -0.15) is 10.1 Å². The number of carbonyl (C=O) groups excluding carboxylic acids is 3. The van der Waals surface area contributed by atoms with Crippen molar-refractivity contribution >= 4 is 24.0 Å². The average molecular weight is 432 g/mol. The van der Waals surface area contributed by atoms with Crippen molar-refractivity contribution in [2.45, 2.75) is 26.2 Å². The van der Waals surface area contributed by atoms with Crippen LogP contribution >= 0.6 is 0 Å². The third-order valence-electron chi connectivity index (χ3n) is 6.51. The Balaban J connectivity index is 1.25. The normalized spacial score (nSPS) is 25.8. The molecular formula is C25H24N2O5. The van der Waals surface area contributed by atoms with Crippen molar-refractivity contribution in [2.24, 2.45) is 28.8 Å². The van der Waals surface area contributed by atoms with Crippen LogP contribution in [0.3, 0.4) is 0 Å². The lowest BCUT2D eigenvalue weighted by Gasteiger charge is -2.13. The van der Waals surface area contributed by atoms with Crippen molar-refractivity contribution in [1.82, 2.24) is 5.01 Å². The van der Waals surface area contributed by atoms with Gasteiger partial charge in [-0.25, -0.2) is 4.79 Å².